The Balaban J connectivity index is 1.33. The third kappa shape index (κ3) is 7.04. The first kappa shape index (κ1) is 22.7. The number of benzene rings is 1. The summed E-state index contributed by atoms with van der Waals surface area (Å²) < 4.78 is 42.7. The summed E-state index contributed by atoms with van der Waals surface area (Å²) in [5, 5.41) is 0. The van der Waals surface area contributed by atoms with Gasteiger partial charge in [0, 0.05) is 8.80 Å². The summed E-state index contributed by atoms with van der Waals surface area (Å²) >= 11 is 0. The van der Waals surface area contributed by atoms with Crippen molar-refractivity contribution in [1.29, 1.82) is 0 Å². The smallest absolute Gasteiger partial charge is 0.387 e. The molecule has 1 heterocycles. The summed E-state index contributed by atoms with van der Waals surface area (Å²) in [5.74, 6) is 1.12. The normalized spacial score (nSPS) is 27.9. The van der Waals surface area contributed by atoms with Crippen molar-refractivity contribution in [3.05, 3.63) is 29.6 Å². The van der Waals surface area contributed by atoms with Crippen molar-refractivity contribution in [3.63, 3.8) is 0 Å². The van der Waals surface area contributed by atoms with E-state index in [0.717, 1.165) is 30.2 Å². The Kier molecular flexibility index (Phi) is 8.95. The minimum Gasteiger partial charge on any atom is -0.432 e. The molecule has 164 valence electrons. The highest BCUT2D eigenvalue weighted by Gasteiger charge is 2.24. The highest BCUT2D eigenvalue weighted by atomic mass is 28.3. The zero-order valence-corrected chi connectivity index (χ0v) is 19.0. The Morgan fingerprint density at radius 3 is 2.14 bits per heavy atom. The maximum Gasteiger partial charge on any atom is 0.387 e. The van der Waals surface area contributed by atoms with E-state index in [4.69, 9.17) is 0 Å². The molecule has 1 aromatic carbocycles. The largest absolute Gasteiger partial charge is 0.432 e. The lowest BCUT2D eigenvalue weighted by atomic mass is 9.77. The zero-order chi connectivity index (χ0) is 20.6. The van der Waals surface area contributed by atoms with Crippen LogP contribution in [0, 0.1) is 17.7 Å². The fourth-order valence-electron chi connectivity index (χ4n) is 5.54. The molecule has 1 aliphatic carbocycles. The van der Waals surface area contributed by atoms with Crippen LogP contribution in [-0.2, 0) is 0 Å². The predicted octanol–water partition coefficient (Wildman–Crippen LogP) is 7.92. The van der Waals surface area contributed by atoms with Crippen LogP contribution in [0.5, 0.6) is 5.75 Å². The Morgan fingerprint density at radius 1 is 0.966 bits per heavy atom. The molecule has 0 radical (unpaired) electrons. The van der Waals surface area contributed by atoms with Crippen LogP contribution in [0.2, 0.25) is 18.1 Å². The van der Waals surface area contributed by atoms with Gasteiger partial charge in [-0.1, -0.05) is 69.6 Å². The van der Waals surface area contributed by atoms with Crippen LogP contribution < -0.4 is 4.74 Å². The van der Waals surface area contributed by atoms with Crippen molar-refractivity contribution >= 4 is 8.80 Å². The molecular weight excluding hydrogens is 389 g/mol. The van der Waals surface area contributed by atoms with Gasteiger partial charge in [0.2, 0.25) is 0 Å². The zero-order valence-electron chi connectivity index (χ0n) is 17.9. The summed E-state index contributed by atoms with van der Waals surface area (Å²) in [5.41, 5.74) is 0.925. The van der Waals surface area contributed by atoms with Gasteiger partial charge in [-0.3, -0.25) is 0 Å². The molecule has 1 saturated heterocycles. The number of halogens is 3. The first-order valence-corrected chi connectivity index (χ1v) is 14.2. The number of ether oxygens (including phenoxy) is 1. The molecule has 29 heavy (non-hydrogen) atoms. The molecule has 0 bridgehead atoms. The number of hydrogen-bond acceptors (Lipinski definition) is 1. The van der Waals surface area contributed by atoms with Gasteiger partial charge in [-0.05, 0) is 61.1 Å². The van der Waals surface area contributed by atoms with Gasteiger partial charge in [-0.25, -0.2) is 4.39 Å². The lowest BCUT2D eigenvalue weighted by Crippen LogP contribution is -2.20. The molecule has 5 heteroatoms. The highest BCUT2D eigenvalue weighted by molar-refractivity contribution is 6.58. The Hall–Kier alpha value is -0.973. The number of alkyl halides is 2. The van der Waals surface area contributed by atoms with Crippen LogP contribution in [0.3, 0.4) is 0 Å². The molecule has 0 atom stereocenters. The van der Waals surface area contributed by atoms with Crippen molar-refractivity contribution in [2.45, 2.75) is 102 Å². The second kappa shape index (κ2) is 11.4. The molecule has 0 N–H and O–H groups in total. The van der Waals surface area contributed by atoms with E-state index in [2.05, 4.69) is 11.7 Å². The van der Waals surface area contributed by atoms with Gasteiger partial charge < -0.3 is 4.74 Å². The molecule has 0 amide bonds. The monoisotopic (exact) mass is 426 g/mol. The summed E-state index contributed by atoms with van der Waals surface area (Å²) in [4.78, 5) is 0. The summed E-state index contributed by atoms with van der Waals surface area (Å²) in [7, 11) is -0.317. The SMILES string of the molecule is CC[SiH]1CCC(CCCC[C@H]2CC[C@H](c3ccc(OC(F)F)c(F)c3)CC2)CC1. The molecule has 0 aromatic heterocycles. The summed E-state index contributed by atoms with van der Waals surface area (Å²) in [6, 6.07) is 9.15. The molecule has 0 unspecified atom stereocenters. The van der Waals surface area contributed by atoms with Gasteiger partial charge in [0.25, 0.3) is 0 Å². The van der Waals surface area contributed by atoms with Crippen LogP contribution >= 0.6 is 0 Å². The van der Waals surface area contributed by atoms with Crippen LogP contribution in [0.4, 0.5) is 13.2 Å². The molecule has 0 spiro atoms. The second-order valence-corrected chi connectivity index (χ2v) is 13.1. The average molecular weight is 427 g/mol. The van der Waals surface area contributed by atoms with Crippen molar-refractivity contribution in [2.75, 3.05) is 0 Å². The lowest BCUT2D eigenvalue weighted by molar-refractivity contribution is -0.0522. The first-order chi connectivity index (χ1) is 14.0. The van der Waals surface area contributed by atoms with Gasteiger partial charge in [-0.15, -0.1) is 0 Å². The van der Waals surface area contributed by atoms with Crippen LogP contribution in [0.1, 0.15) is 82.6 Å². The van der Waals surface area contributed by atoms with Crippen molar-refractivity contribution in [3.8, 4) is 5.75 Å². The fourth-order valence-corrected chi connectivity index (χ4v) is 8.53. The van der Waals surface area contributed by atoms with Crippen LogP contribution in [0.15, 0.2) is 18.2 Å². The Morgan fingerprint density at radius 2 is 1.59 bits per heavy atom. The van der Waals surface area contributed by atoms with E-state index in [1.165, 1.54) is 69.5 Å². The molecular formula is C24H37F3OSi. The van der Waals surface area contributed by atoms with E-state index in [9.17, 15) is 13.2 Å². The average Bonchev–Trinajstić information content (AvgIpc) is 2.73. The maximum atomic E-state index is 14.0. The molecule has 2 aliphatic rings. The minimum absolute atomic E-state index is 0.317. The molecule has 1 nitrogen and oxygen atoms in total. The molecule has 2 fully saturated rings. The quantitative estimate of drug-likeness (QED) is 0.288. The van der Waals surface area contributed by atoms with Gasteiger partial charge in [-0.2, -0.15) is 8.78 Å². The van der Waals surface area contributed by atoms with Crippen molar-refractivity contribution < 1.29 is 17.9 Å². The standard InChI is InChI=1S/C24H37F3OSi/c1-2-29-15-13-19(14-16-29)6-4-3-5-18-7-9-20(10-8-18)21-11-12-23(22(25)17-21)28-24(26)27/h11-12,17-20,24,29H,2-10,13-16H2,1H3/t18-,19?,20-,29?. The number of hydrogen-bond donors (Lipinski definition) is 0. The van der Waals surface area contributed by atoms with Crippen molar-refractivity contribution in [1.82, 2.24) is 0 Å². The van der Waals surface area contributed by atoms with Crippen LogP contribution in [-0.4, -0.2) is 15.4 Å². The minimum atomic E-state index is -2.99. The first-order valence-electron chi connectivity index (χ1n) is 11.8. The van der Waals surface area contributed by atoms with E-state index < -0.39 is 12.4 Å². The summed E-state index contributed by atoms with van der Waals surface area (Å²) in [6.07, 6.45) is 13.1. The van der Waals surface area contributed by atoms with E-state index in [0.29, 0.717) is 5.92 Å². The molecule has 3 rings (SSSR count). The van der Waals surface area contributed by atoms with Crippen LogP contribution in [0.25, 0.3) is 0 Å². The van der Waals surface area contributed by atoms with E-state index in [-0.39, 0.29) is 14.5 Å². The topological polar surface area (TPSA) is 9.23 Å². The van der Waals surface area contributed by atoms with E-state index >= 15 is 0 Å². The van der Waals surface area contributed by atoms with Gasteiger partial charge in [0.1, 0.15) is 0 Å². The highest BCUT2D eigenvalue weighted by Crippen LogP contribution is 2.39. The number of rotatable bonds is 9. The Bertz CT molecular complexity index is 608. The third-order valence-electron chi connectivity index (χ3n) is 7.51. The predicted molar refractivity (Wildman–Crippen MR) is 116 cm³/mol. The van der Waals surface area contributed by atoms with Crippen molar-refractivity contribution in [2.24, 2.45) is 11.8 Å². The lowest BCUT2D eigenvalue weighted by Gasteiger charge is -2.29. The van der Waals surface area contributed by atoms with Gasteiger partial charge in [0.15, 0.2) is 11.6 Å². The summed E-state index contributed by atoms with van der Waals surface area (Å²) in [6.45, 7) is -0.599. The third-order valence-corrected chi connectivity index (χ3v) is 11.0. The van der Waals surface area contributed by atoms with E-state index in [1.54, 1.807) is 18.2 Å². The van der Waals surface area contributed by atoms with E-state index in [1.807, 2.05) is 0 Å². The fraction of sp³-hybridized carbons (Fsp3) is 0.750. The second-order valence-electron chi connectivity index (χ2n) is 9.37. The molecule has 1 saturated carbocycles. The maximum absolute atomic E-state index is 14.0. The molecule has 1 aliphatic heterocycles. The van der Waals surface area contributed by atoms with Gasteiger partial charge >= 0.3 is 6.61 Å². The Labute approximate surface area is 176 Å². The molecule has 1 aromatic rings. The number of unbranched alkanes of at least 4 members (excludes halogenated alkanes) is 1. The van der Waals surface area contributed by atoms with Gasteiger partial charge in [0.05, 0.1) is 0 Å².